The van der Waals surface area contributed by atoms with E-state index in [1.807, 2.05) is 6.20 Å². The molecule has 1 saturated carbocycles. The van der Waals surface area contributed by atoms with Crippen molar-refractivity contribution in [3.05, 3.63) is 47.8 Å². The average molecular weight is 487 g/mol. The molecule has 6 rings (SSSR count). The van der Waals surface area contributed by atoms with Crippen LogP contribution in [0.5, 0.6) is 0 Å². The summed E-state index contributed by atoms with van der Waals surface area (Å²) in [6, 6.07) is 9.37. The highest BCUT2D eigenvalue weighted by Crippen LogP contribution is 2.33. The summed E-state index contributed by atoms with van der Waals surface area (Å²) in [5.41, 5.74) is 11.4. The number of aromatic nitrogens is 4. The number of hydrogen-bond acceptors (Lipinski definition) is 7. The van der Waals surface area contributed by atoms with Gasteiger partial charge in [-0.15, -0.1) is 0 Å². The molecule has 1 aliphatic carbocycles. The fourth-order valence-electron chi connectivity index (χ4n) is 6.08. The van der Waals surface area contributed by atoms with Crippen molar-refractivity contribution in [1.29, 1.82) is 0 Å². The smallest absolute Gasteiger partial charge is 0.223 e. The minimum Gasteiger partial charge on any atom is -0.368 e. The second-order valence-electron chi connectivity index (χ2n) is 11.0. The predicted molar refractivity (Wildman–Crippen MR) is 145 cm³/mol. The number of anilines is 3. The molecular formula is C28H38N8. The summed E-state index contributed by atoms with van der Waals surface area (Å²) in [5, 5.41) is 4.68. The quantitative estimate of drug-likeness (QED) is 0.587. The zero-order valence-corrected chi connectivity index (χ0v) is 21.6. The average Bonchev–Trinajstić information content (AvgIpc) is 3.56. The van der Waals surface area contributed by atoms with E-state index in [0.29, 0.717) is 12.0 Å². The molecule has 1 unspecified atom stereocenters. The number of rotatable bonds is 5. The summed E-state index contributed by atoms with van der Waals surface area (Å²) < 4.78 is 2.14. The summed E-state index contributed by atoms with van der Waals surface area (Å²) in [5.74, 6) is 2.99. The van der Waals surface area contributed by atoms with Gasteiger partial charge in [0.1, 0.15) is 11.6 Å². The second-order valence-corrected chi connectivity index (χ2v) is 11.0. The van der Waals surface area contributed by atoms with E-state index >= 15 is 0 Å². The number of nitrogen functional groups attached to an aromatic ring is 1. The first-order valence-electron chi connectivity index (χ1n) is 13.5. The summed E-state index contributed by atoms with van der Waals surface area (Å²) in [6.07, 6.45) is 10.6. The van der Waals surface area contributed by atoms with Crippen LogP contribution in [0, 0.1) is 5.92 Å². The zero-order chi connectivity index (χ0) is 24.6. The van der Waals surface area contributed by atoms with Gasteiger partial charge in [0, 0.05) is 63.1 Å². The molecule has 190 valence electrons. The maximum atomic E-state index is 6.21. The number of nitrogens with two attached hydrogens (primary N) is 1. The normalized spacial score (nSPS) is 21.2. The van der Waals surface area contributed by atoms with Gasteiger partial charge in [-0.3, -0.25) is 4.68 Å². The lowest BCUT2D eigenvalue weighted by Gasteiger charge is -2.37. The van der Waals surface area contributed by atoms with E-state index in [0.717, 1.165) is 63.2 Å². The molecule has 8 nitrogen and oxygen atoms in total. The molecule has 0 spiro atoms. The first kappa shape index (κ1) is 23.3. The van der Waals surface area contributed by atoms with E-state index in [9.17, 15) is 0 Å². The third-order valence-corrected chi connectivity index (χ3v) is 8.32. The molecule has 1 aromatic carbocycles. The van der Waals surface area contributed by atoms with Crippen LogP contribution in [-0.4, -0.2) is 63.9 Å². The summed E-state index contributed by atoms with van der Waals surface area (Å²) in [7, 11) is 2.17. The Labute approximate surface area is 214 Å². The Balaban J connectivity index is 1.23. The maximum Gasteiger partial charge on any atom is 0.223 e. The molecular weight excluding hydrogens is 448 g/mol. The lowest BCUT2D eigenvalue weighted by molar-refractivity contribution is 0.312. The zero-order valence-electron chi connectivity index (χ0n) is 21.6. The minimum absolute atomic E-state index is 0.340. The number of fused-ring (bicyclic) bond motifs is 1. The molecule has 3 aliphatic rings. The van der Waals surface area contributed by atoms with Gasteiger partial charge in [0.05, 0.1) is 6.20 Å². The number of nitrogens with zero attached hydrogens (tertiary/aromatic N) is 7. The van der Waals surface area contributed by atoms with Gasteiger partial charge in [-0.25, -0.2) is 0 Å². The first-order valence-corrected chi connectivity index (χ1v) is 13.5. The van der Waals surface area contributed by atoms with Gasteiger partial charge in [0.2, 0.25) is 5.95 Å². The molecule has 2 aliphatic heterocycles. The standard InChI is InChI=1S/C28H38N8/c1-20-13-22-7-8-23(25-16-30-35(18-25)17-21-5-3-4-6-21)14-24(22)19-36(20)27-15-26(31-28(29)32-27)34-11-9-33(2)10-12-34/h7-8,14-16,18,20-21H,3-6,9-13,17,19H2,1-2H3,(H2,29,31,32). The number of piperazine rings is 1. The van der Waals surface area contributed by atoms with Crippen molar-refractivity contribution >= 4 is 17.6 Å². The van der Waals surface area contributed by atoms with Crippen LogP contribution in [0.3, 0.4) is 0 Å². The predicted octanol–water partition coefficient (Wildman–Crippen LogP) is 3.82. The van der Waals surface area contributed by atoms with Gasteiger partial charge >= 0.3 is 0 Å². The van der Waals surface area contributed by atoms with Gasteiger partial charge < -0.3 is 20.4 Å². The van der Waals surface area contributed by atoms with Crippen molar-refractivity contribution < 1.29 is 0 Å². The highest BCUT2D eigenvalue weighted by Gasteiger charge is 2.26. The molecule has 1 atom stereocenters. The second kappa shape index (κ2) is 9.73. The van der Waals surface area contributed by atoms with Crippen LogP contribution in [0.1, 0.15) is 43.7 Å². The fourth-order valence-corrected chi connectivity index (χ4v) is 6.08. The van der Waals surface area contributed by atoms with Crippen LogP contribution >= 0.6 is 0 Å². The van der Waals surface area contributed by atoms with Gasteiger partial charge in [-0.1, -0.05) is 25.0 Å². The first-order chi connectivity index (χ1) is 17.5. The third kappa shape index (κ3) is 4.78. The van der Waals surface area contributed by atoms with E-state index in [2.05, 4.69) is 78.9 Å². The van der Waals surface area contributed by atoms with Crippen molar-refractivity contribution in [2.75, 3.05) is 48.8 Å². The Hall–Kier alpha value is -3.13. The van der Waals surface area contributed by atoms with Crippen molar-refractivity contribution in [1.82, 2.24) is 24.6 Å². The molecule has 2 N–H and O–H groups in total. The number of benzene rings is 1. The van der Waals surface area contributed by atoms with Crippen molar-refractivity contribution in [2.24, 2.45) is 5.92 Å². The van der Waals surface area contributed by atoms with E-state index < -0.39 is 0 Å². The fraction of sp³-hybridized carbons (Fsp3) is 0.536. The molecule has 0 radical (unpaired) electrons. The lowest BCUT2D eigenvalue weighted by Crippen LogP contribution is -2.45. The van der Waals surface area contributed by atoms with Crippen LogP contribution in [0.15, 0.2) is 36.7 Å². The molecule has 2 aromatic heterocycles. The van der Waals surface area contributed by atoms with Crippen molar-refractivity contribution in [2.45, 2.75) is 58.2 Å². The third-order valence-electron chi connectivity index (χ3n) is 8.32. The van der Waals surface area contributed by atoms with Gasteiger partial charge in [0.15, 0.2) is 0 Å². The van der Waals surface area contributed by atoms with Crippen LogP contribution in [0.4, 0.5) is 17.6 Å². The molecule has 0 amide bonds. The minimum atomic E-state index is 0.340. The van der Waals surface area contributed by atoms with Crippen LogP contribution in [0.2, 0.25) is 0 Å². The number of likely N-dealkylation sites (N-methyl/N-ethyl adjacent to an activating group) is 1. The summed E-state index contributed by atoms with van der Waals surface area (Å²) >= 11 is 0. The topological polar surface area (TPSA) is 79.3 Å². The van der Waals surface area contributed by atoms with Crippen LogP contribution in [0.25, 0.3) is 11.1 Å². The lowest BCUT2D eigenvalue weighted by atomic mass is 9.92. The van der Waals surface area contributed by atoms with Crippen LogP contribution < -0.4 is 15.5 Å². The van der Waals surface area contributed by atoms with E-state index in [1.165, 1.54) is 47.9 Å². The SMILES string of the molecule is CC1Cc2ccc(-c3cnn(CC4CCCC4)c3)cc2CN1c1cc(N2CCN(C)CC2)nc(N)n1. The molecule has 4 heterocycles. The van der Waals surface area contributed by atoms with Crippen molar-refractivity contribution in [3.8, 4) is 11.1 Å². The number of hydrogen-bond donors (Lipinski definition) is 1. The van der Waals surface area contributed by atoms with Crippen LogP contribution in [-0.2, 0) is 19.5 Å². The molecule has 1 saturated heterocycles. The van der Waals surface area contributed by atoms with E-state index in [4.69, 9.17) is 5.73 Å². The summed E-state index contributed by atoms with van der Waals surface area (Å²) in [4.78, 5) is 16.3. The molecule has 0 bridgehead atoms. The Morgan fingerprint density at radius 2 is 1.72 bits per heavy atom. The molecule has 2 fully saturated rings. The molecule has 3 aromatic rings. The Morgan fingerprint density at radius 3 is 2.53 bits per heavy atom. The largest absolute Gasteiger partial charge is 0.368 e. The van der Waals surface area contributed by atoms with Gasteiger partial charge in [0.25, 0.3) is 0 Å². The summed E-state index contributed by atoms with van der Waals surface area (Å²) in [6.45, 7) is 8.13. The van der Waals surface area contributed by atoms with Crippen molar-refractivity contribution in [3.63, 3.8) is 0 Å². The Bertz CT molecular complexity index is 1210. The maximum absolute atomic E-state index is 6.21. The van der Waals surface area contributed by atoms with Gasteiger partial charge in [-0.2, -0.15) is 15.1 Å². The van der Waals surface area contributed by atoms with Gasteiger partial charge in [-0.05, 0) is 61.9 Å². The highest BCUT2D eigenvalue weighted by molar-refractivity contribution is 5.65. The van der Waals surface area contributed by atoms with E-state index in [1.54, 1.807) is 0 Å². The molecule has 36 heavy (non-hydrogen) atoms. The Morgan fingerprint density at radius 1 is 0.944 bits per heavy atom. The molecule has 8 heteroatoms. The highest BCUT2D eigenvalue weighted by atomic mass is 15.3. The Kier molecular flexibility index (Phi) is 6.29. The monoisotopic (exact) mass is 486 g/mol. The van der Waals surface area contributed by atoms with E-state index in [-0.39, 0.29) is 0 Å².